The highest BCUT2D eigenvalue weighted by Gasteiger charge is 2.58. The number of alkyl halides is 6. The molecule has 0 saturated heterocycles. The molecule has 0 aliphatic rings. The lowest BCUT2D eigenvalue weighted by Crippen LogP contribution is -2.45. The zero-order chi connectivity index (χ0) is 16.4. The Morgan fingerprint density at radius 3 is 1.70 bits per heavy atom. The minimum absolute atomic E-state index is 0.523. The smallest absolute Gasteiger partial charge is 0.361 e. The van der Waals surface area contributed by atoms with E-state index in [0.29, 0.717) is 0 Å². The highest BCUT2D eigenvalue weighted by atomic mass is 35.7. The summed E-state index contributed by atoms with van der Waals surface area (Å²) in [4.78, 5) is 0. The highest BCUT2D eigenvalue weighted by molar-refractivity contribution is 8.13. The van der Waals surface area contributed by atoms with Gasteiger partial charge in [0.1, 0.15) is 0 Å². The van der Waals surface area contributed by atoms with Gasteiger partial charge in [-0.3, -0.25) is 0 Å². The molecule has 0 heterocycles. The first-order valence-electron chi connectivity index (χ1n) is 5.32. The van der Waals surface area contributed by atoms with E-state index >= 15 is 0 Å². The largest absolute Gasteiger partial charge is 0.423 e. The normalized spacial score (nSPS) is 15.9. The van der Waals surface area contributed by atoms with Crippen LogP contribution in [0.4, 0.5) is 26.3 Å². The van der Waals surface area contributed by atoms with Gasteiger partial charge in [-0.05, 0) is 11.8 Å². The molecule has 0 bridgehead atoms. The van der Waals surface area contributed by atoms with Gasteiger partial charge in [-0.25, -0.2) is 8.42 Å². The van der Waals surface area contributed by atoms with E-state index in [1.807, 2.05) is 0 Å². The second-order valence-corrected chi connectivity index (χ2v) is 7.33. The van der Waals surface area contributed by atoms with Crippen molar-refractivity contribution < 1.29 is 39.5 Å². The molecule has 0 radical (unpaired) electrons. The first kappa shape index (κ1) is 19.8. The molecule has 0 aromatic heterocycles. The summed E-state index contributed by atoms with van der Waals surface area (Å²) in [7, 11) is 0.882. The van der Waals surface area contributed by atoms with Crippen molar-refractivity contribution in [3.63, 3.8) is 0 Å². The number of hydrogen-bond donors (Lipinski definition) is 0. The summed E-state index contributed by atoms with van der Waals surface area (Å²) < 4.78 is 98.9. The van der Waals surface area contributed by atoms with Gasteiger partial charge in [0, 0.05) is 10.7 Å². The molecular weight excluding hydrogens is 338 g/mol. The van der Waals surface area contributed by atoms with E-state index in [4.69, 9.17) is 10.7 Å². The standard InChI is InChI=1S/C9H13ClF6O3S/c1-5(2)6(4-20(10,17)18)3-19-7(8(11,12)13)9(14,15)16/h5-7H,3-4H2,1-2H3. The molecule has 0 saturated carbocycles. The third-order valence-electron chi connectivity index (χ3n) is 2.43. The average Bonchev–Trinajstić information content (AvgIpc) is 2.09. The summed E-state index contributed by atoms with van der Waals surface area (Å²) in [5.74, 6) is -2.37. The maximum atomic E-state index is 12.2. The van der Waals surface area contributed by atoms with E-state index < -0.39 is 51.7 Å². The molecule has 0 rings (SSSR count). The lowest BCUT2D eigenvalue weighted by molar-refractivity contribution is -0.323. The molecule has 0 aromatic carbocycles. The fourth-order valence-corrected chi connectivity index (χ4v) is 2.76. The molecule has 0 fully saturated rings. The first-order chi connectivity index (χ1) is 8.64. The summed E-state index contributed by atoms with van der Waals surface area (Å²) in [5, 5.41) is 0. The van der Waals surface area contributed by atoms with Crippen molar-refractivity contribution in [1.29, 1.82) is 0 Å². The van der Waals surface area contributed by atoms with Crippen LogP contribution >= 0.6 is 10.7 Å². The summed E-state index contributed by atoms with van der Waals surface area (Å²) >= 11 is 0. The van der Waals surface area contributed by atoms with Crippen molar-refractivity contribution in [3.05, 3.63) is 0 Å². The summed E-state index contributed by atoms with van der Waals surface area (Å²) in [6.07, 6.45) is -15.2. The third-order valence-corrected chi connectivity index (χ3v) is 3.63. The predicted molar refractivity (Wildman–Crippen MR) is 59.8 cm³/mol. The van der Waals surface area contributed by atoms with Crippen LogP contribution in [0.25, 0.3) is 0 Å². The molecule has 0 spiro atoms. The first-order valence-corrected chi connectivity index (χ1v) is 7.79. The second-order valence-electron chi connectivity index (χ2n) is 4.51. The van der Waals surface area contributed by atoms with E-state index in [0.717, 1.165) is 0 Å². The van der Waals surface area contributed by atoms with E-state index in [9.17, 15) is 34.8 Å². The minimum atomic E-state index is -5.63. The minimum Gasteiger partial charge on any atom is -0.361 e. The van der Waals surface area contributed by atoms with Crippen LogP contribution in [0.5, 0.6) is 0 Å². The quantitative estimate of drug-likeness (QED) is 0.545. The molecule has 0 amide bonds. The zero-order valence-electron chi connectivity index (χ0n) is 10.4. The van der Waals surface area contributed by atoms with Gasteiger partial charge < -0.3 is 4.74 Å². The third kappa shape index (κ3) is 7.53. The molecule has 122 valence electrons. The van der Waals surface area contributed by atoms with Crippen molar-refractivity contribution in [2.24, 2.45) is 11.8 Å². The Kier molecular flexibility index (Phi) is 6.62. The van der Waals surface area contributed by atoms with E-state index in [2.05, 4.69) is 4.74 Å². The fourth-order valence-electron chi connectivity index (χ4n) is 1.28. The van der Waals surface area contributed by atoms with Crippen molar-refractivity contribution in [2.45, 2.75) is 32.3 Å². The Hall–Kier alpha value is -0.220. The van der Waals surface area contributed by atoms with Gasteiger partial charge in [-0.1, -0.05) is 13.8 Å². The molecule has 0 N–H and O–H groups in total. The Morgan fingerprint density at radius 1 is 1.05 bits per heavy atom. The molecule has 20 heavy (non-hydrogen) atoms. The van der Waals surface area contributed by atoms with Gasteiger partial charge in [0.05, 0.1) is 12.4 Å². The highest BCUT2D eigenvalue weighted by Crippen LogP contribution is 2.36. The van der Waals surface area contributed by atoms with Gasteiger partial charge in [0.25, 0.3) is 0 Å². The number of ether oxygens (including phenoxy) is 1. The van der Waals surface area contributed by atoms with E-state index in [-0.39, 0.29) is 0 Å². The summed E-state index contributed by atoms with van der Waals surface area (Å²) in [6.45, 7) is 1.85. The van der Waals surface area contributed by atoms with Gasteiger partial charge >= 0.3 is 12.4 Å². The van der Waals surface area contributed by atoms with Gasteiger partial charge in [0.15, 0.2) is 0 Å². The van der Waals surface area contributed by atoms with Crippen LogP contribution in [-0.2, 0) is 13.8 Å². The van der Waals surface area contributed by atoms with E-state index in [1.165, 1.54) is 13.8 Å². The topological polar surface area (TPSA) is 43.4 Å². The van der Waals surface area contributed by atoms with Crippen molar-refractivity contribution in [2.75, 3.05) is 12.4 Å². The van der Waals surface area contributed by atoms with Gasteiger partial charge in [-0.2, -0.15) is 26.3 Å². The molecule has 0 aliphatic carbocycles. The van der Waals surface area contributed by atoms with Crippen LogP contribution in [0, 0.1) is 11.8 Å². The van der Waals surface area contributed by atoms with Crippen LogP contribution < -0.4 is 0 Å². The van der Waals surface area contributed by atoms with E-state index in [1.54, 1.807) is 0 Å². The summed E-state index contributed by atoms with van der Waals surface area (Å²) in [6, 6.07) is 0. The Morgan fingerprint density at radius 2 is 1.45 bits per heavy atom. The van der Waals surface area contributed by atoms with Gasteiger partial charge in [-0.15, -0.1) is 0 Å². The van der Waals surface area contributed by atoms with Crippen LogP contribution in [0.3, 0.4) is 0 Å². The maximum Gasteiger partial charge on any atom is 0.423 e. The molecule has 0 aromatic rings. The Bertz CT molecular complexity index is 389. The van der Waals surface area contributed by atoms with Crippen molar-refractivity contribution in [1.82, 2.24) is 0 Å². The van der Waals surface area contributed by atoms with Gasteiger partial charge in [0.2, 0.25) is 15.2 Å². The molecule has 1 unspecified atom stereocenters. The Balaban J connectivity index is 4.91. The number of halogens is 7. The fraction of sp³-hybridized carbons (Fsp3) is 1.00. The number of hydrogen-bond acceptors (Lipinski definition) is 3. The number of rotatable bonds is 6. The zero-order valence-corrected chi connectivity index (χ0v) is 12.0. The van der Waals surface area contributed by atoms with Crippen LogP contribution in [0.1, 0.15) is 13.8 Å². The second kappa shape index (κ2) is 6.69. The summed E-state index contributed by atoms with van der Waals surface area (Å²) in [5.41, 5.74) is 0. The predicted octanol–water partition coefficient (Wildman–Crippen LogP) is 3.34. The van der Waals surface area contributed by atoms with Crippen LogP contribution in [0.15, 0.2) is 0 Å². The molecule has 0 aliphatic heterocycles. The monoisotopic (exact) mass is 350 g/mol. The van der Waals surface area contributed by atoms with Crippen LogP contribution in [0.2, 0.25) is 0 Å². The maximum absolute atomic E-state index is 12.2. The van der Waals surface area contributed by atoms with Crippen LogP contribution in [-0.4, -0.2) is 39.2 Å². The molecular formula is C9H13ClF6O3S. The van der Waals surface area contributed by atoms with Crippen molar-refractivity contribution in [3.8, 4) is 0 Å². The SMILES string of the molecule is CC(C)C(COC(C(F)(F)F)C(F)(F)F)CS(=O)(=O)Cl. The Labute approximate surface area is 116 Å². The lowest BCUT2D eigenvalue weighted by Gasteiger charge is -2.26. The molecule has 11 heteroatoms. The van der Waals surface area contributed by atoms with Crippen molar-refractivity contribution >= 4 is 19.7 Å². The molecule has 1 atom stereocenters. The average molecular weight is 351 g/mol. The lowest BCUT2D eigenvalue weighted by atomic mass is 9.99. The molecule has 3 nitrogen and oxygen atoms in total.